The van der Waals surface area contributed by atoms with Gasteiger partial charge in [0.2, 0.25) is 0 Å². The second-order valence-corrected chi connectivity index (χ2v) is 3.42. The Balaban J connectivity index is 2.29. The van der Waals surface area contributed by atoms with Crippen LogP contribution >= 0.6 is 0 Å². The number of aliphatic hydroxyl groups excluding tert-OH is 1. The molecule has 76 valence electrons. The molecule has 0 radical (unpaired) electrons. The zero-order valence-corrected chi connectivity index (χ0v) is 8.46. The molecule has 0 fully saturated rings. The number of aromatic nitrogens is 2. The molecule has 0 saturated heterocycles. The predicted molar refractivity (Wildman–Crippen MR) is 57.3 cm³/mol. The van der Waals surface area contributed by atoms with E-state index in [2.05, 4.69) is 9.97 Å². The van der Waals surface area contributed by atoms with Gasteiger partial charge in [0.25, 0.3) is 0 Å². The van der Waals surface area contributed by atoms with Gasteiger partial charge in [-0.15, -0.1) is 0 Å². The van der Waals surface area contributed by atoms with E-state index < -0.39 is 6.10 Å². The van der Waals surface area contributed by atoms with Gasteiger partial charge in [-0.05, 0) is 30.7 Å². The van der Waals surface area contributed by atoms with Crippen LogP contribution < -0.4 is 0 Å². The van der Waals surface area contributed by atoms with Gasteiger partial charge in [-0.2, -0.15) is 0 Å². The molecule has 0 aliphatic carbocycles. The van der Waals surface area contributed by atoms with Crippen LogP contribution in [0.4, 0.5) is 0 Å². The quantitative estimate of drug-likeness (QED) is 0.804. The molecular weight excluding hydrogens is 188 g/mol. The van der Waals surface area contributed by atoms with Crippen molar-refractivity contribution in [3.05, 3.63) is 59.7 Å². The van der Waals surface area contributed by atoms with Crippen molar-refractivity contribution in [2.24, 2.45) is 0 Å². The first-order valence-electron chi connectivity index (χ1n) is 4.79. The Morgan fingerprint density at radius 2 is 1.87 bits per heavy atom. The third kappa shape index (κ3) is 2.19. The average Bonchev–Trinajstić information content (AvgIpc) is 2.30. The lowest BCUT2D eigenvalue weighted by Crippen LogP contribution is -2.03. The number of rotatable bonds is 2. The van der Waals surface area contributed by atoms with Gasteiger partial charge in [-0.3, -0.25) is 9.97 Å². The molecule has 0 bridgehead atoms. The van der Waals surface area contributed by atoms with E-state index >= 15 is 0 Å². The maximum Gasteiger partial charge on any atom is 0.138 e. The van der Waals surface area contributed by atoms with Crippen molar-refractivity contribution in [3.63, 3.8) is 0 Å². The molecule has 1 unspecified atom stereocenters. The molecule has 2 aromatic rings. The van der Waals surface area contributed by atoms with E-state index in [1.165, 1.54) is 0 Å². The van der Waals surface area contributed by atoms with Crippen molar-refractivity contribution < 1.29 is 5.11 Å². The van der Waals surface area contributed by atoms with Gasteiger partial charge < -0.3 is 5.11 Å². The van der Waals surface area contributed by atoms with Crippen LogP contribution in [0.2, 0.25) is 0 Å². The number of aryl methyl sites for hydroxylation is 1. The molecule has 1 N–H and O–H groups in total. The number of pyridine rings is 2. The molecular formula is C12H12N2O. The summed E-state index contributed by atoms with van der Waals surface area (Å²) in [4.78, 5) is 8.25. The van der Waals surface area contributed by atoms with E-state index in [-0.39, 0.29) is 0 Å². The normalized spacial score (nSPS) is 12.4. The van der Waals surface area contributed by atoms with Crippen molar-refractivity contribution in [1.82, 2.24) is 9.97 Å². The summed E-state index contributed by atoms with van der Waals surface area (Å²) in [6.07, 6.45) is 2.65. The summed E-state index contributed by atoms with van der Waals surface area (Å²) in [5.74, 6) is 0. The van der Waals surface area contributed by atoms with Gasteiger partial charge in [0, 0.05) is 12.4 Å². The van der Waals surface area contributed by atoms with Crippen molar-refractivity contribution >= 4 is 0 Å². The van der Waals surface area contributed by atoms with Crippen molar-refractivity contribution in [1.29, 1.82) is 0 Å². The van der Waals surface area contributed by atoms with Gasteiger partial charge in [-0.25, -0.2) is 0 Å². The minimum atomic E-state index is -0.744. The number of hydrogen-bond acceptors (Lipinski definition) is 3. The Morgan fingerprint density at radius 1 is 1.07 bits per heavy atom. The van der Waals surface area contributed by atoms with Crippen molar-refractivity contribution in [2.45, 2.75) is 13.0 Å². The van der Waals surface area contributed by atoms with Crippen LogP contribution in [-0.4, -0.2) is 15.1 Å². The molecule has 2 aromatic heterocycles. The first-order valence-corrected chi connectivity index (χ1v) is 4.79. The lowest BCUT2D eigenvalue weighted by atomic mass is 10.1. The highest BCUT2D eigenvalue weighted by atomic mass is 16.3. The van der Waals surface area contributed by atoms with E-state index in [1.807, 2.05) is 31.2 Å². The van der Waals surface area contributed by atoms with Gasteiger partial charge in [0.15, 0.2) is 0 Å². The van der Waals surface area contributed by atoms with Crippen LogP contribution in [0.5, 0.6) is 0 Å². The van der Waals surface area contributed by atoms with E-state index in [0.717, 1.165) is 5.56 Å². The summed E-state index contributed by atoms with van der Waals surface area (Å²) in [6.45, 7) is 1.96. The van der Waals surface area contributed by atoms with E-state index in [4.69, 9.17) is 0 Å². The third-order valence-corrected chi connectivity index (χ3v) is 2.18. The second-order valence-electron chi connectivity index (χ2n) is 3.42. The van der Waals surface area contributed by atoms with Gasteiger partial charge in [-0.1, -0.05) is 12.1 Å². The fourth-order valence-corrected chi connectivity index (χ4v) is 1.33. The first-order chi connectivity index (χ1) is 7.27. The highest BCUT2D eigenvalue weighted by Gasteiger charge is 2.11. The molecule has 0 aliphatic heterocycles. The summed E-state index contributed by atoms with van der Waals surface area (Å²) < 4.78 is 0. The molecule has 2 rings (SSSR count). The highest BCUT2D eigenvalue weighted by molar-refractivity contribution is 5.21. The summed E-state index contributed by atoms with van der Waals surface area (Å²) in [7, 11) is 0. The molecule has 1 atom stereocenters. The molecule has 0 aliphatic rings. The Bertz CT molecular complexity index is 425. The van der Waals surface area contributed by atoms with Crippen LogP contribution in [0.15, 0.2) is 42.7 Å². The molecule has 0 aromatic carbocycles. The summed E-state index contributed by atoms with van der Waals surface area (Å²) in [6, 6.07) is 9.19. The highest BCUT2D eigenvalue weighted by Crippen LogP contribution is 2.17. The lowest BCUT2D eigenvalue weighted by Gasteiger charge is -2.08. The van der Waals surface area contributed by atoms with E-state index in [1.54, 1.807) is 18.5 Å². The Hall–Kier alpha value is -1.74. The molecule has 0 spiro atoms. The molecule has 3 nitrogen and oxygen atoms in total. The molecule has 3 heteroatoms. The van der Waals surface area contributed by atoms with Crippen LogP contribution in [0.3, 0.4) is 0 Å². The number of hydrogen-bond donors (Lipinski definition) is 1. The molecule has 0 amide bonds. The van der Waals surface area contributed by atoms with Crippen molar-refractivity contribution in [2.75, 3.05) is 0 Å². The zero-order chi connectivity index (χ0) is 10.7. The van der Waals surface area contributed by atoms with Crippen LogP contribution in [0, 0.1) is 6.92 Å². The fraction of sp³-hybridized carbons (Fsp3) is 0.167. The summed E-state index contributed by atoms with van der Waals surface area (Å²) in [5, 5.41) is 9.96. The van der Waals surface area contributed by atoms with Gasteiger partial charge in [0.1, 0.15) is 6.10 Å². The smallest absolute Gasteiger partial charge is 0.138 e. The van der Waals surface area contributed by atoms with Crippen LogP contribution in [-0.2, 0) is 0 Å². The minimum absolute atomic E-state index is 0.619. The topological polar surface area (TPSA) is 46.0 Å². The zero-order valence-electron chi connectivity index (χ0n) is 8.46. The van der Waals surface area contributed by atoms with Gasteiger partial charge in [0.05, 0.1) is 11.4 Å². The van der Waals surface area contributed by atoms with Crippen molar-refractivity contribution in [3.8, 4) is 0 Å². The predicted octanol–water partition coefficient (Wildman–Crippen LogP) is 1.87. The molecule has 15 heavy (non-hydrogen) atoms. The molecule has 0 saturated carbocycles. The SMILES string of the molecule is Cc1ccc(C(O)c2ccccn2)nc1. The van der Waals surface area contributed by atoms with Crippen LogP contribution in [0.1, 0.15) is 23.1 Å². The lowest BCUT2D eigenvalue weighted by molar-refractivity contribution is 0.210. The molecule has 2 heterocycles. The number of nitrogens with zero attached hydrogens (tertiary/aromatic N) is 2. The van der Waals surface area contributed by atoms with E-state index in [9.17, 15) is 5.11 Å². The maximum atomic E-state index is 9.96. The monoisotopic (exact) mass is 200 g/mol. The summed E-state index contributed by atoms with van der Waals surface area (Å²) >= 11 is 0. The second kappa shape index (κ2) is 4.19. The number of aliphatic hydroxyl groups is 1. The average molecular weight is 200 g/mol. The Morgan fingerprint density at radius 3 is 2.47 bits per heavy atom. The van der Waals surface area contributed by atoms with Crippen LogP contribution in [0.25, 0.3) is 0 Å². The Kier molecular flexibility index (Phi) is 2.74. The standard InChI is InChI=1S/C12H12N2O/c1-9-5-6-11(14-8-9)12(15)10-4-2-3-7-13-10/h2-8,12,15H,1H3. The Labute approximate surface area is 88.5 Å². The van der Waals surface area contributed by atoms with E-state index in [0.29, 0.717) is 11.4 Å². The fourth-order valence-electron chi connectivity index (χ4n) is 1.33. The summed E-state index contributed by atoms with van der Waals surface area (Å²) in [5.41, 5.74) is 2.32. The first kappa shape index (κ1) is 9.80. The third-order valence-electron chi connectivity index (χ3n) is 2.18. The van der Waals surface area contributed by atoms with Gasteiger partial charge >= 0.3 is 0 Å². The largest absolute Gasteiger partial charge is 0.380 e. The maximum absolute atomic E-state index is 9.96. The minimum Gasteiger partial charge on any atom is -0.380 e.